The van der Waals surface area contributed by atoms with Crippen LogP contribution in [0.25, 0.3) is 0 Å². The fraction of sp³-hybridized carbons (Fsp3) is 0.625. The van der Waals surface area contributed by atoms with Crippen molar-refractivity contribution < 1.29 is 8.42 Å². The van der Waals surface area contributed by atoms with Gasteiger partial charge in [-0.2, -0.15) is 0 Å². The van der Waals surface area contributed by atoms with E-state index in [0.717, 1.165) is 31.4 Å². The first kappa shape index (κ1) is 16.5. The summed E-state index contributed by atoms with van der Waals surface area (Å²) in [5.41, 5.74) is 1.15. The van der Waals surface area contributed by atoms with Gasteiger partial charge in [0.15, 0.2) is 0 Å². The van der Waals surface area contributed by atoms with Crippen LogP contribution in [0.15, 0.2) is 29.2 Å². The number of sulfonamides is 1. The third-order valence-electron chi connectivity index (χ3n) is 4.18. The molecule has 5 heteroatoms. The molecule has 1 aromatic rings. The molecule has 4 nitrogen and oxygen atoms in total. The van der Waals surface area contributed by atoms with Crippen LogP contribution in [0.2, 0.25) is 0 Å². The fourth-order valence-electron chi connectivity index (χ4n) is 2.81. The largest absolute Gasteiger partial charge is 0.319 e. The Balaban J connectivity index is 1.91. The summed E-state index contributed by atoms with van der Waals surface area (Å²) in [5.74, 6) is 0.503. The zero-order valence-electron chi connectivity index (χ0n) is 12.8. The van der Waals surface area contributed by atoms with E-state index in [2.05, 4.69) is 10.0 Å². The molecule has 1 aliphatic rings. The minimum Gasteiger partial charge on any atom is -0.319 e. The average molecular weight is 310 g/mol. The highest BCUT2D eigenvalue weighted by atomic mass is 32.2. The summed E-state index contributed by atoms with van der Waals surface area (Å²) in [6.07, 6.45) is 6.94. The molecule has 1 aromatic carbocycles. The van der Waals surface area contributed by atoms with Crippen molar-refractivity contribution in [2.24, 2.45) is 5.92 Å². The number of hydrogen-bond donors (Lipinski definition) is 2. The summed E-state index contributed by atoms with van der Waals surface area (Å²) in [4.78, 5) is 0.367. The summed E-state index contributed by atoms with van der Waals surface area (Å²) < 4.78 is 27.3. The maximum Gasteiger partial charge on any atom is 0.240 e. The third kappa shape index (κ3) is 5.09. The van der Waals surface area contributed by atoms with Crippen LogP contribution in [-0.2, 0) is 16.4 Å². The Bertz CT molecular complexity index is 520. The predicted molar refractivity (Wildman–Crippen MR) is 85.8 cm³/mol. The van der Waals surface area contributed by atoms with Crippen LogP contribution >= 0.6 is 0 Å². The Morgan fingerprint density at radius 1 is 1.10 bits per heavy atom. The Morgan fingerprint density at radius 2 is 1.76 bits per heavy atom. The van der Waals surface area contributed by atoms with Crippen LogP contribution in [0.3, 0.4) is 0 Å². The van der Waals surface area contributed by atoms with Gasteiger partial charge in [0.05, 0.1) is 4.90 Å². The Morgan fingerprint density at radius 3 is 2.38 bits per heavy atom. The van der Waals surface area contributed by atoms with Crippen molar-refractivity contribution in [1.29, 1.82) is 0 Å². The van der Waals surface area contributed by atoms with Crippen LogP contribution in [0, 0.1) is 5.92 Å². The molecule has 2 rings (SSSR count). The molecule has 0 saturated heterocycles. The minimum atomic E-state index is -3.36. The van der Waals surface area contributed by atoms with Gasteiger partial charge in [-0.05, 0) is 56.5 Å². The summed E-state index contributed by atoms with van der Waals surface area (Å²) in [6.45, 7) is 1.47. The Labute approximate surface area is 128 Å². The van der Waals surface area contributed by atoms with E-state index < -0.39 is 10.0 Å². The minimum absolute atomic E-state index is 0.367. The van der Waals surface area contributed by atoms with E-state index in [1.54, 1.807) is 12.1 Å². The van der Waals surface area contributed by atoms with Gasteiger partial charge >= 0.3 is 0 Å². The summed E-state index contributed by atoms with van der Waals surface area (Å²) in [5, 5.41) is 3.09. The third-order valence-corrected chi connectivity index (χ3v) is 5.62. The predicted octanol–water partition coefficient (Wildman–Crippen LogP) is 2.31. The molecule has 0 heterocycles. The summed E-state index contributed by atoms with van der Waals surface area (Å²) in [6, 6.07) is 7.20. The molecule has 0 radical (unpaired) electrons. The first-order chi connectivity index (χ1) is 10.1. The van der Waals surface area contributed by atoms with E-state index >= 15 is 0 Å². The molecule has 0 bridgehead atoms. The molecule has 118 valence electrons. The molecule has 1 fully saturated rings. The molecule has 0 spiro atoms. The Hall–Kier alpha value is -0.910. The van der Waals surface area contributed by atoms with Gasteiger partial charge in [-0.15, -0.1) is 0 Å². The zero-order chi connectivity index (χ0) is 15.1. The quantitative estimate of drug-likeness (QED) is 0.812. The van der Waals surface area contributed by atoms with E-state index in [1.165, 1.54) is 19.3 Å². The van der Waals surface area contributed by atoms with E-state index in [0.29, 0.717) is 17.4 Å². The van der Waals surface area contributed by atoms with E-state index in [9.17, 15) is 8.42 Å². The normalized spacial score (nSPS) is 17.0. The van der Waals surface area contributed by atoms with E-state index in [1.807, 2.05) is 19.2 Å². The lowest BCUT2D eigenvalue weighted by Gasteiger charge is -2.21. The van der Waals surface area contributed by atoms with Gasteiger partial charge in [-0.3, -0.25) is 0 Å². The van der Waals surface area contributed by atoms with Gasteiger partial charge in [0.1, 0.15) is 0 Å². The number of likely N-dealkylation sites (N-methyl/N-ethyl adjacent to an activating group) is 1. The van der Waals surface area contributed by atoms with Crippen LogP contribution in [0.1, 0.15) is 37.7 Å². The van der Waals surface area contributed by atoms with Crippen LogP contribution in [0.4, 0.5) is 0 Å². The standard InChI is InChI=1S/C16H26N2O2S/c1-17-12-11-14-7-9-16(10-8-14)21(19,20)18-13-15-5-3-2-4-6-15/h7-10,15,17-18H,2-6,11-13H2,1H3. The molecule has 21 heavy (non-hydrogen) atoms. The summed E-state index contributed by atoms with van der Waals surface area (Å²) >= 11 is 0. The topological polar surface area (TPSA) is 58.2 Å². The first-order valence-corrected chi connectivity index (χ1v) is 9.33. The van der Waals surface area contributed by atoms with Gasteiger partial charge in [0, 0.05) is 6.54 Å². The number of nitrogens with one attached hydrogen (secondary N) is 2. The lowest BCUT2D eigenvalue weighted by Crippen LogP contribution is -2.30. The molecule has 0 unspecified atom stereocenters. The fourth-order valence-corrected chi connectivity index (χ4v) is 3.92. The van der Waals surface area contributed by atoms with Crippen molar-refractivity contribution in [2.75, 3.05) is 20.1 Å². The van der Waals surface area contributed by atoms with Crippen molar-refractivity contribution in [3.05, 3.63) is 29.8 Å². The highest BCUT2D eigenvalue weighted by Crippen LogP contribution is 2.23. The summed E-state index contributed by atoms with van der Waals surface area (Å²) in [7, 11) is -1.45. The maximum atomic E-state index is 12.3. The molecular weight excluding hydrogens is 284 g/mol. The van der Waals surface area contributed by atoms with Gasteiger partial charge in [-0.25, -0.2) is 13.1 Å². The second kappa shape index (κ2) is 7.92. The van der Waals surface area contributed by atoms with Gasteiger partial charge in [0.2, 0.25) is 10.0 Å². The molecular formula is C16H26N2O2S. The second-order valence-electron chi connectivity index (χ2n) is 5.85. The molecule has 0 atom stereocenters. The van der Waals surface area contributed by atoms with Crippen molar-refractivity contribution >= 4 is 10.0 Å². The van der Waals surface area contributed by atoms with E-state index in [-0.39, 0.29) is 0 Å². The van der Waals surface area contributed by atoms with Crippen LogP contribution in [0.5, 0.6) is 0 Å². The lowest BCUT2D eigenvalue weighted by molar-refractivity contribution is 0.357. The second-order valence-corrected chi connectivity index (χ2v) is 7.62. The molecule has 0 amide bonds. The van der Waals surface area contributed by atoms with Crippen LogP contribution in [-0.4, -0.2) is 28.6 Å². The number of hydrogen-bond acceptors (Lipinski definition) is 3. The van der Waals surface area contributed by atoms with E-state index in [4.69, 9.17) is 0 Å². The van der Waals surface area contributed by atoms with Gasteiger partial charge in [-0.1, -0.05) is 31.4 Å². The molecule has 0 aromatic heterocycles. The first-order valence-electron chi connectivity index (χ1n) is 7.85. The number of rotatable bonds is 7. The van der Waals surface area contributed by atoms with Crippen molar-refractivity contribution in [2.45, 2.75) is 43.4 Å². The monoisotopic (exact) mass is 310 g/mol. The van der Waals surface area contributed by atoms with Gasteiger partial charge in [0.25, 0.3) is 0 Å². The molecule has 1 saturated carbocycles. The lowest BCUT2D eigenvalue weighted by atomic mass is 9.90. The van der Waals surface area contributed by atoms with Crippen LogP contribution < -0.4 is 10.0 Å². The zero-order valence-corrected chi connectivity index (χ0v) is 13.6. The molecule has 2 N–H and O–H groups in total. The molecule has 0 aliphatic heterocycles. The molecule has 1 aliphatic carbocycles. The highest BCUT2D eigenvalue weighted by molar-refractivity contribution is 7.89. The number of benzene rings is 1. The van der Waals surface area contributed by atoms with Crippen molar-refractivity contribution in [3.8, 4) is 0 Å². The highest BCUT2D eigenvalue weighted by Gasteiger charge is 2.18. The van der Waals surface area contributed by atoms with Gasteiger partial charge < -0.3 is 5.32 Å². The maximum absolute atomic E-state index is 12.3. The van der Waals surface area contributed by atoms with Crippen molar-refractivity contribution in [3.63, 3.8) is 0 Å². The smallest absolute Gasteiger partial charge is 0.240 e. The SMILES string of the molecule is CNCCc1ccc(S(=O)(=O)NCC2CCCCC2)cc1. The van der Waals surface area contributed by atoms with Crippen molar-refractivity contribution in [1.82, 2.24) is 10.0 Å². The Kier molecular flexibility index (Phi) is 6.21. The average Bonchev–Trinajstić information content (AvgIpc) is 2.52.